The Hall–Kier alpha value is -1.14. The van der Waals surface area contributed by atoms with Crippen LogP contribution in [0.1, 0.15) is 25.3 Å². The van der Waals surface area contributed by atoms with Gasteiger partial charge in [0.2, 0.25) is 0 Å². The SMILES string of the molecule is CCCC(O)CNC(Cc1ccncc1)C(F)(F)F. The molecule has 0 amide bonds. The molecular formula is C13H19F3N2O. The summed E-state index contributed by atoms with van der Waals surface area (Å²) in [5.41, 5.74) is 0.565. The van der Waals surface area contributed by atoms with E-state index in [1.165, 1.54) is 12.4 Å². The van der Waals surface area contributed by atoms with Crippen LogP contribution in [0.15, 0.2) is 24.5 Å². The summed E-state index contributed by atoms with van der Waals surface area (Å²) in [7, 11) is 0. The molecule has 19 heavy (non-hydrogen) atoms. The number of hydrogen-bond acceptors (Lipinski definition) is 3. The second-order valence-corrected chi connectivity index (χ2v) is 4.50. The lowest BCUT2D eigenvalue weighted by atomic mass is 10.1. The van der Waals surface area contributed by atoms with Crippen LogP contribution in [0.25, 0.3) is 0 Å². The fourth-order valence-electron chi connectivity index (χ4n) is 1.77. The average molecular weight is 276 g/mol. The molecule has 2 N–H and O–H groups in total. The van der Waals surface area contributed by atoms with Crippen LogP contribution in [0.3, 0.4) is 0 Å². The van der Waals surface area contributed by atoms with Crippen LogP contribution >= 0.6 is 0 Å². The molecule has 0 aliphatic rings. The Balaban J connectivity index is 2.58. The van der Waals surface area contributed by atoms with Gasteiger partial charge in [0.25, 0.3) is 0 Å². The maximum Gasteiger partial charge on any atom is 0.404 e. The predicted octanol–water partition coefficient (Wildman–Crippen LogP) is 2.31. The van der Waals surface area contributed by atoms with Crippen molar-refractivity contribution in [3.05, 3.63) is 30.1 Å². The van der Waals surface area contributed by atoms with Gasteiger partial charge in [-0.25, -0.2) is 0 Å². The Labute approximate surface area is 110 Å². The van der Waals surface area contributed by atoms with Gasteiger partial charge in [-0.15, -0.1) is 0 Å². The van der Waals surface area contributed by atoms with Crippen molar-refractivity contribution in [1.82, 2.24) is 10.3 Å². The summed E-state index contributed by atoms with van der Waals surface area (Å²) in [5.74, 6) is 0. The van der Waals surface area contributed by atoms with Crippen LogP contribution < -0.4 is 5.32 Å². The molecule has 0 aliphatic carbocycles. The third kappa shape index (κ3) is 6.02. The van der Waals surface area contributed by atoms with Gasteiger partial charge < -0.3 is 10.4 Å². The van der Waals surface area contributed by atoms with Crippen LogP contribution in [-0.2, 0) is 6.42 Å². The molecule has 0 bridgehead atoms. The Bertz CT molecular complexity index is 357. The van der Waals surface area contributed by atoms with Crippen molar-refractivity contribution in [2.24, 2.45) is 0 Å². The van der Waals surface area contributed by atoms with Crippen molar-refractivity contribution >= 4 is 0 Å². The second-order valence-electron chi connectivity index (χ2n) is 4.50. The first-order chi connectivity index (χ1) is 8.93. The quantitative estimate of drug-likeness (QED) is 0.803. The Morgan fingerprint density at radius 2 is 1.95 bits per heavy atom. The fourth-order valence-corrected chi connectivity index (χ4v) is 1.77. The standard InChI is InChI=1S/C13H19F3N2O/c1-2-3-11(19)9-18-12(13(14,15)16)8-10-4-6-17-7-5-10/h4-7,11-12,18-19H,2-3,8-9H2,1H3. The number of halogens is 3. The number of nitrogens with zero attached hydrogens (tertiary/aromatic N) is 1. The largest absolute Gasteiger partial charge is 0.404 e. The zero-order valence-electron chi connectivity index (χ0n) is 10.8. The first kappa shape index (κ1) is 15.9. The van der Waals surface area contributed by atoms with E-state index < -0.39 is 18.3 Å². The maximum atomic E-state index is 12.9. The van der Waals surface area contributed by atoms with E-state index in [1.807, 2.05) is 6.92 Å². The van der Waals surface area contributed by atoms with E-state index in [0.29, 0.717) is 12.0 Å². The number of hydrogen-bond donors (Lipinski definition) is 2. The normalized spacial score (nSPS) is 15.2. The fraction of sp³-hybridized carbons (Fsp3) is 0.615. The molecule has 1 rings (SSSR count). The molecule has 1 aromatic heterocycles. The van der Waals surface area contributed by atoms with Crippen molar-refractivity contribution < 1.29 is 18.3 Å². The van der Waals surface area contributed by atoms with Crippen LogP contribution in [0.2, 0.25) is 0 Å². The average Bonchev–Trinajstić information content (AvgIpc) is 2.34. The summed E-state index contributed by atoms with van der Waals surface area (Å²) in [5, 5.41) is 11.9. The summed E-state index contributed by atoms with van der Waals surface area (Å²) >= 11 is 0. The zero-order chi connectivity index (χ0) is 14.3. The topological polar surface area (TPSA) is 45.1 Å². The van der Waals surface area contributed by atoms with Gasteiger partial charge in [-0.05, 0) is 30.5 Å². The number of alkyl halides is 3. The molecule has 0 radical (unpaired) electrons. The van der Waals surface area contributed by atoms with Crippen molar-refractivity contribution in [3.8, 4) is 0 Å². The minimum absolute atomic E-state index is 0.0525. The van der Waals surface area contributed by atoms with Crippen LogP contribution in [-0.4, -0.2) is 35.0 Å². The maximum absolute atomic E-state index is 12.9. The molecule has 3 nitrogen and oxygen atoms in total. The number of aliphatic hydroxyl groups is 1. The van der Waals surface area contributed by atoms with E-state index in [0.717, 1.165) is 6.42 Å². The highest BCUT2D eigenvalue weighted by Gasteiger charge is 2.39. The highest BCUT2D eigenvalue weighted by Crippen LogP contribution is 2.23. The van der Waals surface area contributed by atoms with Crippen LogP contribution in [0, 0.1) is 0 Å². The van der Waals surface area contributed by atoms with Gasteiger partial charge in [0.15, 0.2) is 0 Å². The van der Waals surface area contributed by atoms with E-state index >= 15 is 0 Å². The molecule has 6 heteroatoms. The third-order valence-corrected chi connectivity index (χ3v) is 2.81. The lowest BCUT2D eigenvalue weighted by molar-refractivity contribution is -0.156. The Morgan fingerprint density at radius 3 is 2.47 bits per heavy atom. The Morgan fingerprint density at radius 1 is 1.32 bits per heavy atom. The van der Waals surface area contributed by atoms with E-state index in [9.17, 15) is 18.3 Å². The smallest absolute Gasteiger partial charge is 0.392 e. The van der Waals surface area contributed by atoms with E-state index in [2.05, 4.69) is 10.3 Å². The summed E-state index contributed by atoms with van der Waals surface area (Å²) in [6.07, 6.45) is -1.08. The van der Waals surface area contributed by atoms with Gasteiger partial charge in [-0.3, -0.25) is 4.98 Å². The van der Waals surface area contributed by atoms with Gasteiger partial charge in [0, 0.05) is 18.9 Å². The lowest BCUT2D eigenvalue weighted by Crippen LogP contribution is -2.46. The van der Waals surface area contributed by atoms with E-state index in [4.69, 9.17) is 0 Å². The molecule has 0 saturated heterocycles. The van der Waals surface area contributed by atoms with Gasteiger partial charge in [-0.2, -0.15) is 13.2 Å². The van der Waals surface area contributed by atoms with E-state index in [1.54, 1.807) is 12.1 Å². The van der Waals surface area contributed by atoms with Crippen LogP contribution in [0.4, 0.5) is 13.2 Å². The van der Waals surface area contributed by atoms with Gasteiger partial charge in [0.1, 0.15) is 6.04 Å². The summed E-state index contributed by atoms with van der Waals surface area (Å²) in [6.45, 7) is 1.82. The van der Waals surface area contributed by atoms with Crippen molar-refractivity contribution in [2.75, 3.05) is 6.54 Å². The molecule has 1 aromatic rings. The third-order valence-electron chi connectivity index (χ3n) is 2.81. The summed E-state index contributed by atoms with van der Waals surface area (Å²) in [4.78, 5) is 3.77. The molecule has 108 valence electrons. The predicted molar refractivity (Wildman–Crippen MR) is 66.7 cm³/mol. The van der Waals surface area contributed by atoms with Gasteiger partial charge >= 0.3 is 6.18 Å². The molecule has 2 atom stereocenters. The zero-order valence-corrected chi connectivity index (χ0v) is 10.8. The monoisotopic (exact) mass is 276 g/mol. The number of rotatable bonds is 7. The molecule has 2 unspecified atom stereocenters. The number of pyridine rings is 1. The van der Waals surface area contributed by atoms with Gasteiger partial charge in [0.05, 0.1) is 6.10 Å². The molecule has 0 aliphatic heterocycles. The number of nitrogens with one attached hydrogen (secondary N) is 1. The molecule has 0 saturated carbocycles. The minimum Gasteiger partial charge on any atom is -0.392 e. The van der Waals surface area contributed by atoms with E-state index in [-0.39, 0.29) is 13.0 Å². The molecule has 1 heterocycles. The molecule has 0 spiro atoms. The van der Waals surface area contributed by atoms with Crippen LogP contribution in [0.5, 0.6) is 0 Å². The Kier molecular flexibility index (Phi) is 6.24. The minimum atomic E-state index is -4.34. The second kappa shape index (κ2) is 7.45. The summed E-state index contributed by atoms with van der Waals surface area (Å²) < 4.78 is 38.6. The first-order valence-electron chi connectivity index (χ1n) is 6.30. The number of aliphatic hydroxyl groups excluding tert-OH is 1. The first-order valence-corrected chi connectivity index (χ1v) is 6.30. The molecular weight excluding hydrogens is 257 g/mol. The highest BCUT2D eigenvalue weighted by molar-refractivity contribution is 5.12. The molecule has 0 aromatic carbocycles. The van der Waals surface area contributed by atoms with Gasteiger partial charge in [-0.1, -0.05) is 13.3 Å². The lowest BCUT2D eigenvalue weighted by Gasteiger charge is -2.23. The summed E-state index contributed by atoms with van der Waals surface area (Å²) in [6, 6.07) is 1.47. The molecule has 0 fully saturated rings. The van der Waals surface area contributed by atoms with Crippen molar-refractivity contribution in [1.29, 1.82) is 0 Å². The highest BCUT2D eigenvalue weighted by atomic mass is 19.4. The van der Waals surface area contributed by atoms with Crippen molar-refractivity contribution in [2.45, 2.75) is 44.5 Å². The van der Waals surface area contributed by atoms with Crippen molar-refractivity contribution in [3.63, 3.8) is 0 Å². The number of aromatic nitrogens is 1.